The second-order valence-corrected chi connectivity index (χ2v) is 4.43. The first kappa shape index (κ1) is 13.7. The molecule has 0 aliphatic carbocycles. The van der Waals surface area contributed by atoms with E-state index >= 15 is 0 Å². The molecule has 0 atom stereocenters. The molecule has 0 unspecified atom stereocenters. The molecule has 0 aliphatic heterocycles. The molecule has 1 heterocycles. The van der Waals surface area contributed by atoms with E-state index in [4.69, 9.17) is 16.2 Å². The molecule has 4 N–H and O–H groups in total. The molecule has 0 bridgehead atoms. The lowest BCUT2D eigenvalue weighted by atomic mass is 10.0. The highest BCUT2D eigenvalue weighted by molar-refractivity contribution is 5.94. The number of Topliss-reactive ketones (excluding diaryl/α,β-unsaturated/α-hetero) is 1. The van der Waals surface area contributed by atoms with E-state index in [9.17, 15) is 4.79 Å². The molecule has 1 aromatic carbocycles. The van der Waals surface area contributed by atoms with Gasteiger partial charge in [-0.25, -0.2) is 0 Å². The SMILES string of the molecule is CC(=O)c1cc(C)c(Oc2nc(N)nc(N)n2)c(C)c1. The maximum atomic E-state index is 11.4. The van der Waals surface area contributed by atoms with Crippen molar-refractivity contribution in [1.82, 2.24) is 15.0 Å². The number of aryl methyl sites for hydroxylation is 2. The fourth-order valence-electron chi connectivity index (χ4n) is 1.84. The summed E-state index contributed by atoms with van der Waals surface area (Å²) in [4.78, 5) is 22.8. The van der Waals surface area contributed by atoms with E-state index in [1.54, 1.807) is 12.1 Å². The number of nitrogen functional groups attached to an aromatic ring is 2. The zero-order chi connectivity index (χ0) is 14.9. The minimum atomic E-state index is -0.0110. The molecule has 0 radical (unpaired) electrons. The van der Waals surface area contributed by atoms with E-state index < -0.39 is 0 Å². The lowest BCUT2D eigenvalue weighted by molar-refractivity contribution is 0.101. The van der Waals surface area contributed by atoms with E-state index in [1.165, 1.54) is 6.92 Å². The third kappa shape index (κ3) is 2.82. The average Bonchev–Trinajstić information content (AvgIpc) is 2.32. The molecule has 2 rings (SSSR count). The molecular weight excluding hydrogens is 258 g/mol. The number of benzene rings is 1. The number of rotatable bonds is 3. The number of anilines is 2. The van der Waals surface area contributed by atoms with Gasteiger partial charge in [-0.15, -0.1) is 0 Å². The van der Waals surface area contributed by atoms with Crippen LogP contribution in [0.4, 0.5) is 11.9 Å². The van der Waals surface area contributed by atoms with Crippen molar-refractivity contribution in [3.8, 4) is 11.8 Å². The van der Waals surface area contributed by atoms with E-state index in [1.807, 2.05) is 13.8 Å². The summed E-state index contributed by atoms with van der Waals surface area (Å²) in [6.07, 6.45) is 0. The highest BCUT2D eigenvalue weighted by Gasteiger charge is 2.12. The van der Waals surface area contributed by atoms with Crippen LogP contribution in [0.2, 0.25) is 0 Å². The first-order valence-electron chi connectivity index (χ1n) is 5.94. The first-order chi connectivity index (χ1) is 9.36. The van der Waals surface area contributed by atoms with Gasteiger partial charge in [0.1, 0.15) is 5.75 Å². The zero-order valence-electron chi connectivity index (χ0n) is 11.5. The van der Waals surface area contributed by atoms with Gasteiger partial charge < -0.3 is 16.2 Å². The number of aromatic nitrogens is 3. The third-order valence-electron chi connectivity index (χ3n) is 2.71. The van der Waals surface area contributed by atoms with Crippen LogP contribution in [0.5, 0.6) is 11.8 Å². The first-order valence-corrected chi connectivity index (χ1v) is 5.94. The summed E-state index contributed by atoms with van der Waals surface area (Å²) in [5.74, 6) is 0.544. The third-order valence-corrected chi connectivity index (χ3v) is 2.71. The quantitative estimate of drug-likeness (QED) is 0.816. The Morgan fingerprint density at radius 3 is 2.00 bits per heavy atom. The number of nitrogens with zero attached hydrogens (tertiary/aromatic N) is 3. The van der Waals surface area contributed by atoms with Gasteiger partial charge in [-0.05, 0) is 44.0 Å². The molecule has 1 aromatic heterocycles. The largest absolute Gasteiger partial charge is 0.424 e. The molecule has 20 heavy (non-hydrogen) atoms. The van der Waals surface area contributed by atoms with Gasteiger partial charge >= 0.3 is 6.01 Å². The van der Waals surface area contributed by atoms with Crippen molar-refractivity contribution in [1.29, 1.82) is 0 Å². The van der Waals surface area contributed by atoms with Gasteiger partial charge in [0.15, 0.2) is 5.78 Å². The maximum Gasteiger partial charge on any atom is 0.328 e. The van der Waals surface area contributed by atoms with Crippen molar-refractivity contribution < 1.29 is 9.53 Å². The molecular formula is C13H15N5O2. The van der Waals surface area contributed by atoms with Gasteiger partial charge in [0.2, 0.25) is 11.9 Å². The molecule has 7 heteroatoms. The topological polar surface area (TPSA) is 117 Å². The lowest BCUT2D eigenvalue weighted by Crippen LogP contribution is -2.05. The predicted octanol–water partition coefficient (Wildman–Crippen LogP) is 1.65. The van der Waals surface area contributed by atoms with Crippen molar-refractivity contribution >= 4 is 17.7 Å². The van der Waals surface area contributed by atoms with E-state index in [0.29, 0.717) is 11.3 Å². The van der Waals surface area contributed by atoms with Crippen LogP contribution in [0.1, 0.15) is 28.4 Å². The molecule has 0 saturated carbocycles. The lowest BCUT2D eigenvalue weighted by Gasteiger charge is -2.12. The van der Waals surface area contributed by atoms with E-state index in [-0.39, 0.29) is 23.7 Å². The standard InChI is InChI=1S/C13H15N5O2/c1-6-4-9(8(3)19)5-7(2)10(6)20-13-17-11(14)16-12(15)18-13/h4-5H,1-3H3,(H4,14,15,16,17,18). The number of hydrogen-bond acceptors (Lipinski definition) is 7. The molecule has 2 aromatic rings. The molecule has 0 spiro atoms. The Kier molecular flexibility index (Phi) is 3.51. The van der Waals surface area contributed by atoms with Crippen molar-refractivity contribution in [2.75, 3.05) is 11.5 Å². The summed E-state index contributed by atoms with van der Waals surface area (Å²) in [5.41, 5.74) is 13.2. The monoisotopic (exact) mass is 273 g/mol. The van der Waals surface area contributed by atoms with Crippen LogP contribution < -0.4 is 16.2 Å². The maximum absolute atomic E-state index is 11.4. The minimum absolute atomic E-state index is 0.00333. The van der Waals surface area contributed by atoms with Gasteiger partial charge in [-0.1, -0.05) is 0 Å². The Morgan fingerprint density at radius 1 is 1.05 bits per heavy atom. The Morgan fingerprint density at radius 2 is 1.55 bits per heavy atom. The molecule has 0 aliphatic rings. The van der Waals surface area contributed by atoms with Crippen molar-refractivity contribution in [3.05, 3.63) is 28.8 Å². The number of carbonyl (C=O) groups excluding carboxylic acids is 1. The van der Waals surface area contributed by atoms with Gasteiger partial charge in [-0.3, -0.25) is 4.79 Å². The molecule has 104 valence electrons. The van der Waals surface area contributed by atoms with Crippen LogP contribution in [0, 0.1) is 13.8 Å². The molecule has 0 amide bonds. The second-order valence-electron chi connectivity index (χ2n) is 4.43. The van der Waals surface area contributed by atoms with Crippen LogP contribution >= 0.6 is 0 Å². The summed E-state index contributed by atoms with van der Waals surface area (Å²) < 4.78 is 5.60. The number of hydrogen-bond donors (Lipinski definition) is 2. The predicted molar refractivity (Wildman–Crippen MR) is 74.6 cm³/mol. The van der Waals surface area contributed by atoms with Gasteiger partial charge in [0.05, 0.1) is 0 Å². The highest BCUT2D eigenvalue weighted by Crippen LogP contribution is 2.28. The summed E-state index contributed by atoms with van der Waals surface area (Å²) in [6, 6.07) is 3.52. The van der Waals surface area contributed by atoms with Gasteiger partial charge in [0.25, 0.3) is 0 Å². The average molecular weight is 273 g/mol. The fraction of sp³-hybridized carbons (Fsp3) is 0.231. The molecule has 0 saturated heterocycles. The van der Waals surface area contributed by atoms with Crippen molar-refractivity contribution in [2.24, 2.45) is 0 Å². The summed E-state index contributed by atoms with van der Waals surface area (Å²) in [6.45, 7) is 5.19. The number of carbonyl (C=O) groups is 1. The normalized spacial score (nSPS) is 10.3. The smallest absolute Gasteiger partial charge is 0.328 e. The van der Waals surface area contributed by atoms with Crippen LogP contribution in [-0.2, 0) is 0 Å². The van der Waals surface area contributed by atoms with E-state index in [0.717, 1.165) is 11.1 Å². The highest BCUT2D eigenvalue weighted by atomic mass is 16.5. The van der Waals surface area contributed by atoms with Crippen LogP contribution in [-0.4, -0.2) is 20.7 Å². The Bertz CT molecular complexity index is 641. The molecule has 0 fully saturated rings. The Labute approximate surface area is 116 Å². The van der Waals surface area contributed by atoms with Crippen LogP contribution in [0.25, 0.3) is 0 Å². The zero-order valence-corrected chi connectivity index (χ0v) is 11.5. The number of ether oxygens (including phenoxy) is 1. The number of ketones is 1. The minimum Gasteiger partial charge on any atom is -0.424 e. The van der Waals surface area contributed by atoms with Gasteiger partial charge in [-0.2, -0.15) is 15.0 Å². The van der Waals surface area contributed by atoms with Crippen LogP contribution in [0.3, 0.4) is 0 Å². The Balaban J connectivity index is 2.41. The Hall–Kier alpha value is -2.70. The molecule has 7 nitrogen and oxygen atoms in total. The van der Waals surface area contributed by atoms with E-state index in [2.05, 4.69) is 15.0 Å². The summed E-state index contributed by atoms with van der Waals surface area (Å²) in [5, 5.41) is 0. The van der Waals surface area contributed by atoms with Crippen molar-refractivity contribution in [2.45, 2.75) is 20.8 Å². The summed E-state index contributed by atoms with van der Waals surface area (Å²) >= 11 is 0. The summed E-state index contributed by atoms with van der Waals surface area (Å²) in [7, 11) is 0. The van der Waals surface area contributed by atoms with Crippen molar-refractivity contribution in [3.63, 3.8) is 0 Å². The number of nitrogens with two attached hydrogens (primary N) is 2. The van der Waals surface area contributed by atoms with Gasteiger partial charge in [0, 0.05) is 5.56 Å². The second kappa shape index (κ2) is 5.12. The van der Waals surface area contributed by atoms with Crippen LogP contribution in [0.15, 0.2) is 12.1 Å². The fourth-order valence-corrected chi connectivity index (χ4v) is 1.84.